The molecule has 1 aliphatic rings. The first-order valence-corrected chi connectivity index (χ1v) is 8.79. The Hall–Kier alpha value is -2.92. The van der Waals surface area contributed by atoms with Gasteiger partial charge in [-0.05, 0) is 17.7 Å². The zero-order valence-electron chi connectivity index (χ0n) is 15.8. The van der Waals surface area contributed by atoms with Crippen molar-refractivity contribution >= 4 is 40.3 Å². The molecule has 1 fully saturated rings. The third-order valence-corrected chi connectivity index (χ3v) is 4.34. The molecule has 1 aromatic carbocycles. The van der Waals surface area contributed by atoms with Crippen LogP contribution in [-0.2, 0) is 23.8 Å². The molecule has 3 atom stereocenters. The van der Waals surface area contributed by atoms with Crippen molar-refractivity contribution in [3.8, 4) is 5.75 Å². The number of amides is 1. The minimum Gasteiger partial charge on any atom is -0.467 e. The van der Waals surface area contributed by atoms with Crippen LogP contribution >= 0.6 is 11.6 Å². The summed E-state index contributed by atoms with van der Waals surface area (Å²) in [6, 6.07) is 3.56. The third-order valence-electron chi connectivity index (χ3n) is 4.08. The van der Waals surface area contributed by atoms with Gasteiger partial charge in [-0.1, -0.05) is 0 Å². The molecule has 29 heavy (non-hydrogen) atoms. The SMILES string of the molecule is COC(=O)C1CC(OC(C)=O)CC(Oc2ccc([N+](=O)[O-])cc2N(C)C(=O)Cl)O1. The van der Waals surface area contributed by atoms with E-state index in [4.69, 9.17) is 25.8 Å². The average Bonchev–Trinajstić information content (AvgIpc) is 2.66. The summed E-state index contributed by atoms with van der Waals surface area (Å²) in [5.41, 5.74) is -0.265. The molecule has 1 heterocycles. The molecule has 158 valence electrons. The number of halogens is 1. The van der Waals surface area contributed by atoms with Gasteiger partial charge >= 0.3 is 17.3 Å². The first kappa shape index (κ1) is 22.4. The number of nitrogens with zero attached hydrogens (tertiary/aromatic N) is 2. The van der Waals surface area contributed by atoms with E-state index >= 15 is 0 Å². The number of carbonyl (C=O) groups is 3. The summed E-state index contributed by atoms with van der Waals surface area (Å²) in [7, 11) is 2.49. The smallest absolute Gasteiger partial charge is 0.335 e. The molecular weight excluding hydrogens is 412 g/mol. The van der Waals surface area contributed by atoms with Crippen LogP contribution in [0, 0.1) is 10.1 Å². The Labute approximate surface area is 170 Å². The number of carbonyl (C=O) groups excluding carboxylic acids is 3. The van der Waals surface area contributed by atoms with Gasteiger partial charge in [0, 0.05) is 38.9 Å². The van der Waals surface area contributed by atoms with Crippen LogP contribution in [-0.4, -0.2) is 54.9 Å². The molecule has 3 unspecified atom stereocenters. The lowest BCUT2D eigenvalue weighted by Crippen LogP contribution is -2.44. The monoisotopic (exact) mass is 430 g/mol. The van der Waals surface area contributed by atoms with Crippen LogP contribution < -0.4 is 9.64 Å². The normalized spacial score (nSPS) is 21.0. The third kappa shape index (κ3) is 5.78. The highest BCUT2D eigenvalue weighted by molar-refractivity contribution is 6.66. The van der Waals surface area contributed by atoms with Gasteiger partial charge in [-0.3, -0.25) is 24.6 Å². The highest BCUT2D eigenvalue weighted by Gasteiger charge is 2.37. The Morgan fingerprint density at radius 2 is 2.00 bits per heavy atom. The molecule has 0 aliphatic carbocycles. The molecular formula is C17H19ClN2O9. The molecule has 0 spiro atoms. The summed E-state index contributed by atoms with van der Waals surface area (Å²) in [5, 5.41) is 10.1. The van der Waals surface area contributed by atoms with Crippen LogP contribution in [0.2, 0.25) is 0 Å². The lowest BCUT2D eigenvalue weighted by molar-refractivity contribution is -0.384. The largest absolute Gasteiger partial charge is 0.467 e. The Kier molecular flexibility index (Phi) is 7.35. The molecule has 12 heteroatoms. The van der Waals surface area contributed by atoms with Crippen molar-refractivity contribution in [2.45, 2.75) is 38.3 Å². The fourth-order valence-corrected chi connectivity index (χ4v) is 2.84. The van der Waals surface area contributed by atoms with E-state index < -0.39 is 40.7 Å². The van der Waals surface area contributed by atoms with E-state index in [0.717, 1.165) is 11.0 Å². The maximum Gasteiger partial charge on any atom is 0.335 e. The van der Waals surface area contributed by atoms with Gasteiger partial charge in [-0.2, -0.15) is 0 Å². The molecule has 2 rings (SSSR count). The lowest BCUT2D eigenvalue weighted by Gasteiger charge is -2.34. The van der Waals surface area contributed by atoms with E-state index in [2.05, 4.69) is 4.74 Å². The van der Waals surface area contributed by atoms with Crippen molar-refractivity contribution in [1.82, 2.24) is 0 Å². The van der Waals surface area contributed by atoms with Crippen LogP contribution in [0.5, 0.6) is 5.75 Å². The Morgan fingerprint density at radius 3 is 2.55 bits per heavy atom. The highest BCUT2D eigenvalue weighted by Crippen LogP contribution is 2.35. The quantitative estimate of drug-likeness (QED) is 0.219. The fourth-order valence-electron chi connectivity index (χ4n) is 2.75. The van der Waals surface area contributed by atoms with Gasteiger partial charge < -0.3 is 18.9 Å². The Bertz CT molecular complexity index is 816. The molecule has 1 saturated heterocycles. The molecule has 0 aromatic heterocycles. The number of nitro groups is 1. The number of rotatable bonds is 6. The summed E-state index contributed by atoms with van der Waals surface area (Å²) in [6.45, 7) is 1.23. The molecule has 1 aliphatic heterocycles. The van der Waals surface area contributed by atoms with E-state index in [0.29, 0.717) is 0 Å². The maximum absolute atomic E-state index is 11.9. The minimum atomic E-state index is -1.06. The summed E-state index contributed by atoms with van der Waals surface area (Å²) in [4.78, 5) is 46.1. The summed E-state index contributed by atoms with van der Waals surface area (Å²) in [6.07, 6.45) is -2.61. The first-order chi connectivity index (χ1) is 13.6. The summed E-state index contributed by atoms with van der Waals surface area (Å²) >= 11 is 5.49. The van der Waals surface area contributed by atoms with Gasteiger partial charge in [-0.25, -0.2) is 4.79 Å². The van der Waals surface area contributed by atoms with Crippen molar-refractivity contribution < 1.29 is 38.3 Å². The second-order valence-corrected chi connectivity index (χ2v) is 6.44. The molecule has 1 aromatic rings. The van der Waals surface area contributed by atoms with Gasteiger partial charge in [0.2, 0.25) is 6.29 Å². The van der Waals surface area contributed by atoms with Crippen LogP contribution in [0.25, 0.3) is 0 Å². The predicted molar refractivity (Wildman–Crippen MR) is 98.8 cm³/mol. The van der Waals surface area contributed by atoms with Gasteiger partial charge in [0.25, 0.3) is 5.69 Å². The van der Waals surface area contributed by atoms with Gasteiger partial charge in [0.1, 0.15) is 11.9 Å². The number of hydrogen-bond donors (Lipinski definition) is 0. The second kappa shape index (κ2) is 9.52. The number of esters is 2. The van der Waals surface area contributed by atoms with E-state index in [-0.39, 0.29) is 30.0 Å². The van der Waals surface area contributed by atoms with Crippen molar-refractivity contribution in [1.29, 1.82) is 0 Å². The zero-order chi connectivity index (χ0) is 21.7. The number of nitro benzene ring substituents is 1. The fraction of sp³-hybridized carbons (Fsp3) is 0.471. The Balaban J connectivity index is 2.31. The lowest BCUT2D eigenvalue weighted by atomic mass is 10.0. The average molecular weight is 431 g/mol. The zero-order valence-corrected chi connectivity index (χ0v) is 16.6. The predicted octanol–water partition coefficient (Wildman–Crippen LogP) is 2.38. The number of methoxy groups -OCH3 is 1. The summed E-state index contributed by atoms with van der Waals surface area (Å²) < 4.78 is 21.1. The van der Waals surface area contributed by atoms with Crippen molar-refractivity contribution in [3.05, 3.63) is 28.3 Å². The van der Waals surface area contributed by atoms with E-state index in [1.165, 1.54) is 33.2 Å². The number of benzene rings is 1. The number of hydrogen-bond acceptors (Lipinski definition) is 9. The summed E-state index contributed by atoms with van der Waals surface area (Å²) in [5.74, 6) is -1.17. The van der Waals surface area contributed by atoms with E-state index in [1.54, 1.807) is 0 Å². The molecule has 0 saturated carbocycles. The van der Waals surface area contributed by atoms with E-state index in [9.17, 15) is 24.5 Å². The number of anilines is 1. The van der Waals surface area contributed by atoms with Crippen molar-refractivity contribution in [3.63, 3.8) is 0 Å². The van der Waals surface area contributed by atoms with Crippen molar-refractivity contribution in [2.24, 2.45) is 0 Å². The molecule has 0 bridgehead atoms. The van der Waals surface area contributed by atoms with Gasteiger partial charge in [0.15, 0.2) is 6.10 Å². The first-order valence-electron chi connectivity index (χ1n) is 8.41. The minimum absolute atomic E-state index is 0.0204. The van der Waals surface area contributed by atoms with Crippen LogP contribution in [0.15, 0.2) is 18.2 Å². The second-order valence-electron chi connectivity index (χ2n) is 6.12. The van der Waals surface area contributed by atoms with Gasteiger partial charge in [0.05, 0.1) is 17.7 Å². The van der Waals surface area contributed by atoms with Crippen LogP contribution in [0.3, 0.4) is 0 Å². The molecule has 11 nitrogen and oxygen atoms in total. The Morgan fingerprint density at radius 1 is 1.31 bits per heavy atom. The highest BCUT2D eigenvalue weighted by atomic mass is 35.5. The molecule has 0 N–H and O–H groups in total. The van der Waals surface area contributed by atoms with Crippen molar-refractivity contribution in [2.75, 3.05) is 19.1 Å². The molecule has 1 amide bonds. The maximum atomic E-state index is 11.9. The van der Waals surface area contributed by atoms with Crippen LogP contribution in [0.4, 0.5) is 16.2 Å². The van der Waals surface area contributed by atoms with Crippen LogP contribution in [0.1, 0.15) is 19.8 Å². The molecule has 0 radical (unpaired) electrons. The van der Waals surface area contributed by atoms with E-state index in [1.807, 2.05) is 0 Å². The number of ether oxygens (including phenoxy) is 4. The topological polar surface area (TPSA) is 135 Å². The number of non-ortho nitro benzene ring substituents is 1. The standard InChI is InChI=1S/C17H19ClN2O9/c1-9(21)27-11-7-14(16(22)26-3)29-15(8-11)28-13-5-4-10(20(24)25)6-12(13)19(2)17(18)23/h4-6,11,14-15H,7-8H2,1-3H3. The van der Waals surface area contributed by atoms with Gasteiger partial charge in [-0.15, -0.1) is 0 Å².